The third-order valence-corrected chi connectivity index (χ3v) is 16.1. The fourth-order valence-electron chi connectivity index (χ4n) is 10.9. The van der Waals surface area contributed by atoms with Crippen LogP contribution in [0.3, 0.4) is 0 Å². The van der Waals surface area contributed by atoms with E-state index in [0.717, 1.165) is 38.5 Å². The Balaban J connectivity index is 3.28. The van der Waals surface area contributed by atoms with Crippen LogP contribution >= 0.6 is 0 Å². The fourth-order valence-corrected chi connectivity index (χ4v) is 10.9. The van der Waals surface area contributed by atoms with Gasteiger partial charge in [-0.1, -0.05) is 353 Å². The molecule has 0 aromatic heterocycles. The first-order valence-electron chi connectivity index (χ1n) is 34.0. The molecule has 2 unspecified atom stereocenters. The van der Waals surface area contributed by atoms with Gasteiger partial charge in [0.2, 0.25) is 5.91 Å². The number of aliphatic hydroxyl groups is 2. The van der Waals surface area contributed by atoms with Crippen LogP contribution in [0, 0.1) is 0 Å². The van der Waals surface area contributed by atoms with Gasteiger partial charge in [0, 0.05) is 12.8 Å². The smallest absolute Gasteiger partial charge is 0.305 e. The van der Waals surface area contributed by atoms with Crippen LogP contribution in [0.2, 0.25) is 0 Å². The van der Waals surface area contributed by atoms with Crippen LogP contribution in [0.5, 0.6) is 0 Å². The van der Waals surface area contributed by atoms with Crippen LogP contribution < -0.4 is 5.32 Å². The molecule has 0 bridgehead atoms. The number of rotatable bonds is 64. The summed E-state index contributed by atoms with van der Waals surface area (Å²) in [6, 6.07) is -0.621. The Bertz CT molecular complexity index is 1110. The highest BCUT2D eigenvalue weighted by Gasteiger charge is 2.18. The second kappa shape index (κ2) is 64.1. The standard InChI is InChI=1S/C68H133NO5/c1-3-5-7-9-11-13-15-42-46-50-54-58-62-68(73)74-63-59-55-51-47-43-40-38-36-34-32-30-28-26-24-22-20-18-16-17-19-21-23-25-27-29-31-33-35-37-39-41-45-49-53-57-61-67(72)69-65(64-70)66(71)60-56-52-48-44-14-12-10-8-6-4-2/h56,60,65-66,70-71H,3-55,57-59,61-64H2,1-2H3,(H,69,72)/b60-56+. The summed E-state index contributed by atoms with van der Waals surface area (Å²) >= 11 is 0. The van der Waals surface area contributed by atoms with Gasteiger partial charge in [-0.2, -0.15) is 0 Å². The normalized spacial score (nSPS) is 12.5. The molecule has 0 heterocycles. The summed E-state index contributed by atoms with van der Waals surface area (Å²) in [6.45, 7) is 4.91. The average molecular weight is 1040 g/mol. The van der Waals surface area contributed by atoms with Crippen molar-refractivity contribution in [3.05, 3.63) is 12.2 Å². The molecule has 6 heteroatoms. The number of ether oxygens (including phenoxy) is 1. The highest BCUT2D eigenvalue weighted by molar-refractivity contribution is 5.76. The lowest BCUT2D eigenvalue weighted by atomic mass is 10.0. The first-order valence-corrected chi connectivity index (χ1v) is 34.0. The predicted molar refractivity (Wildman–Crippen MR) is 324 cm³/mol. The van der Waals surface area contributed by atoms with Crippen LogP contribution in [0.4, 0.5) is 0 Å². The van der Waals surface area contributed by atoms with E-state index in [4.69, 9.17) is 4.74 Å². The third-order valence-electron chi connectivity index (χ3n) is 16.1. The Hall–Kier alpha value is -1.40. The molecule has 2 atom stereocenters. The number of carbonyl (C=O) groups excluding carboxylic acids is 2. The molecule has 1 amide bonds. The number of allylic oxidation sites excluding steroid dienone is 1. The number of hydrogen-bond acceptors (Lipinski definition) is 5. The number of carbonyl (C=O) groups is 2. The summed E-state index contributed by atoms with van der Waals surface area (Å²) in [6.07, 6.45) is 78.8. The second-order valence-electron chi connectivity index (χ2n) is 23.5. The van der Waals surface area contributed by atoms with Crippen LogP contribution in [-0.4, -0.2) is 47.4 Å². The van der Waals surface area contributed by atoms with Gasteiger partial charge in [0.1, 0.15) is 0 Å². The molecule has 0 aliphatic heterocycles. The van der Waals surface area contributed by atoms with Crippen molar-refractivity contribution < 1.29 is 24.5 Å². The zero-order valence-electron chi connectivity index (χ0n) is 50.4. The molecule has 0 aromatic carbocycles. The fraction of sp³-hybridized carbons (Fsp3) is 0.941. The molecular formula is C68H133NO5. The Morgan fingerprint density at radius 2 is 0.622 bits per heavy atom. The third kappa shape index (κ3) is 59.8. The highest BCUT2D eigenvalue weighted by atomic mass is 16.5. The maximum absolute atomic E-state index is 12.4. The van der Waals surface area contributed by atoms with E-state index in [9.17, 15) is 19.8 Å². The van der Waals surface area contributed by atoms with Crippen LogP contribution in [0.25, 0.3) is 0 Å². The first-order chi connectivity index (χ1) is 36.5. The van der Waals surface area contributed by atoms with Gasteiger partial charge in [-0.05, 0) is 32.1 Å². The molecule has 440 valence electrons. The molecule has 3 N–H and O–H groups in total. The molecule has 0 fully saturated rings. The van der Waals surface area contributed by atoms with Gasteiger partial charge in [0.05, 0.1) is 25.4 Å². The first kappa shape index (κ1) is 72.6. The predicted octanol–water partition coefficient (Wildman–Crippen LogP) is 21.6. The van der Waals surface area contributed by atoms with Gasteiger partial charge in [-0.25, -0.2) is 0 Å². The van der Waals surface area contributed by atoms with Gasteiger partial charge in [-0.3, -0.25) is 9.59 Å². The van der Waals surface area contributed by atoms with Gasteiger partial charge in [0.25, 0.3) is 0 Å². The molecule has 0 aliphatic rings. The van der Waals surface area contributed by atoms with Gasteiger partial charge < -0.3 is 20.3 Å². The van der Waals surface area contributed by atoms with E-state index in [0.29, 0.717) is 19.4 Å². The second-order valence-corrected chi connectivity index (χ2v) is 23.5. The van der Waals surface area contributed by atoms with E-state index >= 15 is 0 Å². The number of esters is 1. The van der Waals surface area contributed by atoms with Crippen LogP contribution in [0.1, 0.15) is 386 Å². The maximum Gasteiger partial charge on any atom is 0.305 e. The number of aliphatic hydroxyl groups excluding tert-OH is 2. The molecule has 0 aliphatic carbocycles. The lowest BCUT2D eigenvalue weighted by Crippen LogP contribution is -2.45. The lowest BCUT2D eigenvalue weighted by molar-refractivity contribution is -0.143. The van der Waals surface area contributed by atoms with Gasteiger partial charge in [0.15, 0.2) is 0 Å². The quantitative estimate of drug-likeness (QED) is 0.0320. The van der Waals surface area contributed by atoms with Crippen molar-refractivity contribution >= 4 is 11.9 Å². The van der Waals surface area contributed by atoms with Crippen LogP contribution in [-0.2, 0) is 14.3 Å². The molecule has 0 saturated heterocycles. The Morgan fingerprint density at radius 3 is 0.919 bits per heavy atom. The van der Waals surface area contributed by atoms with Crippen LogP contribution in [0.15, 0.2) is 12.2 Å². The van der Waals surface area contributed by atoms with Crippen molar-refractivity contribution in [1.29, 1.82) is 0 Å². The number of unbranched alkanes of at least 4 members (excludes halogenated alkanes) is 53. The summed E-state index contributed by atoms with van der Waals surface area (Å²) < 4.78 is 5.48. The summed E-state index contributed by atoms with van der Waals surface area (Å²) in [7, 11) is 0. The average Bonchev–Trinajstić information content (AvgIpc) is 3.40. The largest absolute Gasteiger partial charge is 0.466 e. The number of nitrogens with one attached hydrogen (secondary N) is 1. The van der Waals surface area contributed by atoms with Crippen molar-refractivity contribution in [3.8, 4) is 0 Å². The van der Waals surface area contributed by atoms with Crippen molar-refractivity contribution in [3.63, 3.8) is 0 Å². The highest BCUT2D eigenvalue weighted by Crippen LogP contribution is 2.19. The van der Waals surface area contributed by atoms with Gasteiger partial charge >= 0.3 is 5.97 Å². The summed E-state index contributed by atoms with van der Waals surface area (Å²) in [5.74, 6) is -0.0392. The molecule has 0 aromatic rings. The Labute approximate surface area is 463 Å². The Morgan fingerprint density at radius 1 is 0.365 bits per heavy atom. The molecule has 0 radical (unpaired) electrons. The van der Waals surface area contributed by atoms with Gasteiger partial charge in [-0.15, -0.1) is 0 Å². The van der Waals surface area contributed by atoms with E-state index in [1.165, 1.54) is 321 Å². The molecular weight excluding hydrogens is 911 g/mol. The minimum atomic E-state index is -0.838. The summed E-state index contributed by atoms with van der Waals surface area (Å²) in [5, 5.41) is 23.0. The minimum Gasteiger partial charge on any atom is -0.466 e. The van der Waals surface area contributed by atoms with E-state index in [2.05, 4.69) is 19.2 Å². The maximum atomic E-state index is 12.4. The van der Waals surface area contributed by atoms with Crippen molar-refractivity contribution in [2.45, 2.75) is 398 Å². The number of amides is 1. The molecule has 0 rings (SSSR count). The zero-order valence-corrected chi connectivity index (χ0v) is 50.4. The minimum absolute atomic E-state index is 0.0236. The molecule has 0 spiro atoms. The van der Waals surface area contributed by atoms with E-state index < -0.39 is 12.1 Å². The van der Waals surface area contributed by atoms with E-state index in [-0.39, 0.29) is 18.5 Å². The summed E-state index contributed by atoms with van der Waals surface area (Å²) in [5.41, 5.74) is 0. The molecule has 6 nitrogen and oxygen atoms in total. The monoisotopic (exact) mass is 1040 g/mol. The van der Waals surface area contributed by atoms with Crippen molar-refractivity contribution in [2.75, 3.05) is 13.2 Å². The van der Waals surface area contributed by atoms with Crippen molar-refractivity contribution in [2.24, 2.45) is 0 Å². The van der Waals surface area contributed by atoms with E-state index in [1.54, 1.807) is 6.08 Å². The SMILES string of the molecule is CCCCCCCCCC/C=C/C(O)C(CO)NC(=O)CCCCCCCCCCCCCCCCCCCCCCCCCCCCCCCCCCCCCOC(=O)CCCCCCCCCCCCCC. The summed E-state index contributed by atoms with van der Waals surface area (Å²) in [4.78, 5) is 24.4. The topological polar surface area (TPSA) is 95.9 Å². The lowest BCUT2D eigenvalue weighted by Gasteiger charge is -2.20. The van der Waals surface area contributed by atoms with E-state index in [1.807, 2.05) is 6.08 Å². The molecule has 0 saturated carbocycles. The van der Waals surface area contributed by atoms with Crippen molar-refractivity contribution in [1.82, 2.24) is 5.32 Å². The zero-order chi connectivity index (χ0) is 53.6. The number of hydrogen-bond donors (Lipinski definition) is 3. The molecule has 74 heavy (non-hydrogen) atoms. The Kier molecular flexibility index (Phi) is 62.9.